The summed E-state index contributed by atoms with van der Waals surface area (Å²) in [4.78, 5) is 13.2. The Balaban J connectivity index is 2.25. The lowest BCUT2D eigenvalue weighted by atomic mass is 9.82. The molecular weight excluding hydrogens is 280 g/mol. The fourth-order valence-electron chi connectivity index (χ4n) is 2.97. The van der Waals surface area contributed by atoms with Crippen molar-refractivity contribution in [3.63, 3.8) is 0 Å². The van der Waals surface area contributed by atoms with Gasteiger partial charge in [-0.3, -0.25) is 4.79 Å². The number of benzene rings is 1. The normalized spacial score (nSPS) is 12.6. The fourth-order valence-corrected chi connectivity index (χ4v) is 3.99. The van der Waals surface area contributed by atoms with E-state index in [0.29, 0.717) is 10.6 Å². The number of carbonyl (C=O) groups is 1. The van der Waals surface area contributed by atoms with Crippen LogP contribution in [0.5, 0.6) is 0 Å². The van der Waals surface area contributed by atoms with Crippen molar-refractivity contribution in [1.29, 1.82) is 0 Å². The molecule has 4 heteroatoms. The number of amides is 1. The molecule has 0 aliphatic heterocycles. The molecule has 0 fully saturated rings. The lowest BCUT2D eigenvalue weighted by Crippen LogP contribution is -2.45. The average molecular weight is 304 g/mol. The van der Waals surface area contributed by atoms with Crippen LogP contribution in [-0.4, -0.2) is 11.4 Å². The molecule has 0 radical (unpaired) electrons. The fraction of sp³-hybridized carbons (Fsp3) is 0.471. The van der Waals surface area contributed by atoms with Crippen LogP contribution in [0.4, 0.5) is 5.69 Å². The molecule has 3 N–H and O–H groups in total. The Bertz CT molecular complexity index is 665. The van der Waals surface area contributed by atoms with Crippen molar-refractivity contribution < 1.29 is 4.79 Å². The molecule has 2 aromatic rings. The number of carbonyl (C=O) groups excluding carboxylic acids is 1. The molecule has 0 unspecified atom stereocenters. The molecule has 0 saturated carbocycles. The highest BCUT2D eigenvalue weighted by atomic mass is 32.1. The molecule has 1 amide bonds. The number of fused-ring (bicyclic) bond motifs is 1. The number of rotatable bonds is 3. The minimum absolute atomic E-state index is 0.0806. The summed E-state index contributed by atoms with van der Waals surface area (Å²) in [6.07, 6.45) is 0.899. The number of nitrogen functional groups attached to an aromatic ring is 1. The van der Waals surface area contributed by atoms with Crippen LogP contribution in [0, 0.1) is 5.41 Å². The molecule has 1 aromatic heterocycles. The number of anilines is 1. The average Bonchev–Trinajstić information content (AvgIpc) is 2.64. The quantitative estimate of drug-likeness (QED) is 0.881. The lowest BCUT2D eigenvalue weighted by Gasteiger charge is -2.33. The highest BCUT2D eigenvalue weighted by Crippen LogP contribution is 2.34. The Morgan fingerprint density at radius 1 is 1.19 bits per heavy atom. The number of nitrogens with one attached hydrogen (secondary N) is 1. The van der Waals surface area contributed by atoms with E-state index in [-0.39, 0.29) is 16.9 Å². The maximum Gasteiger partial charge on any atom is 0.263 e. The first kappa shape index (κ1) is 15.8. The maximum atomic E-state index is 12.6. The van der Waals surface area contributed by atoms with Gasteiger partial charge in [0, 0.05) is 15.6 Å². The lowest BCUT2D eigenvalue weighted by molar-refractivity contribution is 0.0896. The molecule has 21 heavy (non-hydrogen) atoms. The zero-order valence-corrected chi connectivity index (χ0v) is 14.2. The van der Waals surface area contributed by atoms with Gasteiger partial charge in [-0.1, -0.05) is 39.0 Å². The second kappa shape index (κ2) is 5.34. The van der Waals surface area contributed by atoms with E-state index in [0.717, 1.165) is 16.5 Å². The summed E-state index contributed by atoms with van der Waals surface area (Å²) in [5.41, 5.74) is 6.61. The third kappa shape index (κ3) is 3.76. The van der Waals surface area contributed by atoms with Crippen LogP contribution in [0.1, 0.15) is 50.7 Å². The summed E-state index contributed by atoms with van der Waals surface area (Å²) in [5.74, 6) is -0.0806. The second-order valence-electron chi connectivity index (χ2n) is 7.42. The van der Waals surface area contributed by atoms with Crippen LogP contribution in [-0.2, 0) is 0 Å². The molecule has 3 nitrogen and oxygen atoms in total. The first-order valence-electron chi connectivity index (χ1n) is 7.19. The van der Waals surface area contributed by atoms with Gasteiger partial charge >= 0.3 is 0 Å². The monoisotopic (exact) mass is 304 g/mol. The molecule has 1 heterocycles. The van der Waals surface area contributed by atoms with Crippen LogP contribution in [0.3, 0.4) is 0 Å². The van der Waals surface area contributed by atoms with Gasteiger partial charge in [-0.25, -0.2) is 0 Å². The second-order valence-corrected chi connectivity index (χ2v) is 8.47. The Labute approximate surface area is 130 Å². The van der Waals surface area contributed by atoms with Gasteiger partial charge in [0.1, 0.15) is 4.88 Å². The molecule has 0 bridgehead atoms. The SMILES string of the molecule is CC(C)(C)CC(C)(C)NC(=O)c1sc2ccccc2c1N. The molecule has 2 rings (SSSR count). The number of hydrogen-bond acceptors (Lipinski definition) is 3. The summed E-state index contributed by atoms with van der Waals surface area (Å²) < 4.78 is 1.05. The number of thiophene rings is 1. The van der Waals surface area contributed by atoms with Gasteiger partial charge in [0.05, 0.1) is 5.69 Å². The standard InChI is InChI=1S/C17H24N2OS/c1-16(2,3)10-17(4,5)19-15(20)14-13(18)11-8-6-7-9-12(11)21-14/h6-9H,10,18H2,1-5H3,(H,19,20). The third-order valence-electron chi connectivity index (χ3n) is 3.26. The van der Waals surface area contributed by atoms with Gasteiger partial charge in [0.25, 0.3) is 5.91 Å². The zero-order valence-electron chi connectivity index (χ0n) is 13.4. The van der Waals surface area contributed by atoms with E-state index in [9.17, 15) is 4.79 Å². The predicted molar refractivity (Wildman–Crippen MR) is 91.9 cm³/mol. The van der Waals surface area contributed by atoms with Crippen molar-refractivity contribution in [2.75, 3.05) is 5.73 Å². The van der Waals surface area contributed by atoms with Crippen molar-refractivity contribution >= 4 is 33.0 Å². The van der Waals surface area contributed by atoms with Crippen molar-refractivity contribution in [2.24, 2.45) is 5.41 Å². The van der Waals surface area contributed by atoms with E-state index in [1.807, 2.05) is 24.3 Å². The van der Waals surface area contributed by atoms with E-state index < -0.39 is 0 Å². The molecule has 0 atom stereocenters. The molecule has 0 saturated heterocycles. The van der Waals surface area contributed by atoms with E-state index in [1.54, 1.807) is 0 Å². The topological polar surface area (TPSA) is 55.1 Å². The molecule has 0 spiro atoms. The van der Waals surface area contributed by atoms with E-state index in [1.165, 1.54) is 11.3 Å². The van der Waals surface area contributed by atoms with Gasteiger partial charge in [-0.15, -0.1) is 11.3 Å². The summed E-state index contributed by atoms with van der Waals surface area (Å²) >= 11 is 1.45. The van der Waals surface area contributed by atoms with Gasteiger partial charge in [0.15, 0.2) is 0 Å². The highest BCUT2D eigenvalue weighted by molar-refractivity contribution is 7.21. The van der Waals surface area contributed by atoms with Gasteiger partial charge in [0.2, 0.25) is 0 Å². The van der Waals surface area contributed by atoms with Crippen molar-refractivity contribution in [3.05, 3.63) is 29.1 Å². The van der Waals surface area contributed by atoms with Gasteiger partial charge in [-0.05, 0) is 31.7 Å². The largest absolute Gasteiger partial charge is 0.397 e. The first-order valence-corrected chi connectivity index (χ1v) is 8.00. The molecule has 0 aliphatic carbocycles. The van der Waals surface area contributed by atoms with Crippen molar-refractivity contribution in [1.82, 2.24) is 5.32 Å². The molecule has 1 aromatic carbocycles. The van der Waals surface area contributed by atoms with Crippen LogP contribution in [0.25, 0.3) is 10.1 Å². The zero-order chi connectivity index (χ0) is 15.8. The molecular formula is C17H24N2OS. The van der Waals surface area contributed by atoms with Crippen molar-refractivity contribution in [2.45, 2.75) is 46.6 Å². The Morgan fingerprint density at radius 2 is 1.81 bits per heavy atom. The van der Waals surface area contributed by atoms with Gasteiger partial charge in [-0.2, -0.15) is 0 Å². The van der Waals surface area contributed by atoms with E-state index in [2.05, 4.69) is 39.9 Å². The third-order valence-corrected chi connectivity index (χ3v) is 4.45. The number of nitrogens with two attached hydrogens (primary N) is 1. The predicted octanol–water partition coefficient (Wildman–Crippen LogP) is 4.43. The van der Waals surface area contributed by atoms with Gasteiger partial charge < -0.3 is 11.1 Å². The minimum atomic E-state index is -0.266. The Kier molecular flexibility index (Phi) is 4.02. The smallest absolute Gasteiger partial charge is 0.263 e. The Morgan fingerprint density at radius 3 is 2.38 bits per heavy atom. The van der Waals surface area contributed by atoms with Crippen molar-refractivity contribution in [3.8, 4) is 0 Å². The minimum Gasteiger partial charge on any atom is -0.397 e. The first-order chi connectivity index (χ1) is 9.59. The summed E-state index contributed by atoms with van der Waals surface area (Å²) in [7, 11) is 0. The van der Waals surface area contributed by atoms with Crippen LogP contribution < -0.4 is 11.1 Å². The summed E-state index contributed by atoms with van der Waals surface area (Å²) in [6, 6.07) is 7.85. The molecule has 114 valence electrons. The van der Waals surface area contributed by atoms with Crippen LogP contribution in [0.15, 0.2) is 24.3 Å². The Hall–Kier alpha value is -1.55. The summed E-state index contributed by atoms with van der Waals surface area (Å²) in [5, 5.41) is 4.08. The van der Waals surface area contributed by atoms with Crippen LogP contribution >= 0.6 is 11.3 Å². The van der Waals surface area contributed by atoms with E-state index >= 15 is 0 Å². The summed E-state index contributed by atoms with van der Waals surface area (Å²) in [6.45, 7) is 10.6. The van der Waals surface area contributed by atoms with E-state index in [4.69, 9.17) is 5.73 Å². The number of hydrogen-bond donors (Lipinski definition) is 2. The van der Waals surface area contributed by atoms with Crippen LogP contribution in [0.2, 0.25) is 0 Å². The maximum absolute atomic E-state index is 12.6. The molecule has 0 aliphatic rings. The highest BCUT2D eigenvalue weighted by Gasteiger charge is 2.28.